The standard InChI is InChI=1S/C15H24N2O/c1-11-5-6-13(9-12(11)2)15(17(3)4)14-10-18-8-7-16-14/h5-6,9,14-16H,7-8,10H2,1-4H3. The molecule has 1 aliphatic rings. The third-order valence-electron chi connectivity index (χ3n) is 3.76. The van der Waals surface area contributed by atoms with E-state index in [0.29, 0.717) is 12.1 Å². The van der Waals surface area contributed by atoms with Gasteiger partial charge in [-0.3, -0.25) is 0 Å². The van der Waals surface area contributed by atoms with Crippen LogP contribution in [0.3, 0.4) is 0 Å². The second kappa shape index (κ2) is 5.83. The summed E-state index contributed by atoms with van der Waals surface area (Å²) in [4.78, 5) is 2.27. The van der Waals surface area contributed by atoms with Crippen LogP contribution in [0.15, 0.2) is 18.2 Å². The zero-order chi connectivity index (χ0) is 13.1. The molecular weight excluding hydrogens is 224 g/mol. The molecule has 0 spiro atoms. The van der Waals surface area contributed by atoms with Crippen molar-refractivity contribution in [2.75, 3.05) is 33.9 Å². The first kappa shape index (κ1) is 13.5. The molecule has 0 bridgehead atoms. The number of hydrogen-bond donors (Lipinski definition) is 1. The van der Waals surface area contributed by atoms with E-state index in [1.54, 1.807) is 0 Å². The average Bonchev–Trinajstić information content (AvgIpc) is 2.35. The summed E-state index contributed by atoms with van der Waals surface area (Å²) in [6.45, 7) is 6.89. The molecule has 18 heavy (non-hydrogen) atoms. The van der Waals surface area contributed by atoms with Crippen LogP contribution in [0, 0.1) is 13.8 Å². The van der Waals surface area contributed by atoms with Crippen molar-refractivity contribution in [3.8, 4) is 0 Å². The number of hydrogen-bond acceptors (Lipinski definition) is 3. The van der Waals surface area contributed by atoms with E-state index in [-0.39, 0.29) is 0 Å². The number of rotatable bonds is 3. The smallest absolute Gasteiger partial charge is 0.0639 e. The Labute approximate surface area is 110 Å². The minimum Gasteiger partial charge on any atom is -0.378 e. The normalized spacial score (nSPS) is 22.2. The predicted octanol–water partition coefficient (Wildman–Crippen LogP) is 1.89. The Morgan fingerprint density at radius 1 is 1.28 bits per heavy atom. The molecule has 2 atom stereocenters. The monoisotopic (exact) mass is 248 g/mol. The lowest BCUT2D eigenvalue weighted by atomic mass is 9.95. The van der Waals surface area contributed by atoms with E-state index >= 15 is 0 Å². The number of aryl methyl sites for hydroxylation is 2. The Morgan fingerprint density at radius 3 is 2.61 bits per heavy atom. The zero-order valence-electron chi connectivity index (χ0n) is 11.9. The molecule has 3 heteroatoms. The summed E-state index contributed by atoms with van der Waals surface area (Å²) in [6.07, 6.45) is 0. The Hall–Kier alpha value is -0.900. The van der Waals surface area contributed by atoms with E-state index in [4.69, 9.17) is 4.74 Å². The number of nitrogens with zero attached hydrogens (tertiary/aromatic N) is 1. The fraction of sp³-hybridized carbons (Fsp3) is 0.600. The van der Waals surface area contributed by atoms with Crippen LogP contribution in [0.25, 0.3) is 0 Å². The van der Waals surface area contributed by atoms with Gasteiger partial charge >= 0.3 is 0 Å². The number of nitrogens with one attached hydrogen (secondary N) is 1. The molecule has 0 aromatic heterocycles. The minimum absolute atomic E-state index is 0.365. The molecule has 3 nitrogen and oxygen atoms in total. The Morgan fingerprint density at radius 2 is 2.06 bits per heavy atom. The van der Waals surface area contributed by atoms with Gasteiger partial charge < -0.3 is 15.0 Å². The van der Waals surface area contributed by atoms with Crippen molar-refractivity contribution in [1.82, 2.24) is 10.2 Å². The zero-order valence-corrected chi connectivity index (χ0v) is 11.9. The van der Waals surface area contributed by atoms with E-state index in [0.717, 1.165) is 19.8 Å². The number of benzene rings is 1. The van der Waals surface area contributed by atoms with Crippen LogP contribution in [-0.2, 0) is 4.74 Å². The summed E-state index contributed by atoms with van der Waals surface area (Å²) in [5.74, 6) is 0. The van der Waals surface area contributed by atoms with Crippen molar-refractivity contribution in [2.24, 2.45) is 0 Å². The summed E-state index contributed by atoms with van der Waals surface area (Å²) in [7, 11) is 4.27. The summed E-state index contributed by atoms with van der Waals surface area (Å²) in [5, 5.41) is 3.57. The highest BCUT2D eigenvalue weighted by atomic mass is 16.5. The molecule has 1 N–H and O–H groups in total. The highest BCUT2D eigenvalue weighted by Gasteiger charge is 2.27. The van der Waals surface area contributed by atoms with E-state index in [1.165, 1.54) is 16.7 Å². The van der Waals surface area contributed by atoms with Crippen LogP contribution >= 0.6 is 0 Å². The molecular formula is C15H24N2O. The molecule has 1 saturated heterocycles. The van der Waals surface area contributed by atoms with Gasteiger partial charge in [0.05, 0.1) is 25.3 Å². The number of morpholine rings is 1. The maximum atomic E-state index is 5.60. The van der Waals surface area contributed by atoms with Crippen molar-refractivity contribution < 1.29 is 4.74 Å². The summed E-state index contributed by atoms with van der Waals surface area (Å²) >= 11 is 0. The van der Waals surface area contributed by atoms with Crippen LogP contribution in [-0.4, -0.2) is 44.8 Å². The van der Waals surface area contributed by atoms with Gasteiger partial charge in [0.2, 0.25) is 0 Å². The number of likely N-dealkylation sites (N-methyl/N-ethyl adjacent to an activating group) is 1. The van der Waals surface area contributed by atoms with E-state index < -0.39 is 0 Å². The first-order valence-electron chi connectivity index (χ1n) is 6.64. The Bertz CT molecular complexity index is 397. The minimum atomic E-state index is 0.365. The molecule has 1 aliphatic heterocycles. The highest BCUT2D eigenvalue weighted by Crippen LogP contribution is 2.25. The maximum Gasteiger partial charge on any atom is 0.0639 e. The number of ether oxygens (including phenoxy) is 1. The fourth-order valence-corrected chi connectivity index (χ4v) is 2.63. The molecule has 100 valence electrons. The third-order valence-corrected chi connectivity index (χ3v) is 3.76. The van der Waals surface area contributed by atoms with Crippen LogP contribution in [0.2, 0.25) is 0 Å². The van der Waals surface area contributed by atoms with Crippen molar-refractivity contribution >= 4 is 0 Å². The molecule has 0 radical (unpaired) electrons. The molecule has 1 aromatic carbocycles. The van der Waals surface area contributed by atoms with Crippen molar-refractivity contribution in [2.45, 2.75) is 25.9 Å². The van der Waals surface area contributed by atoms with Gasteiger partial charge in [0.15, 0.2) is 0 Å². The van der Waals surface area contributed by atoms with Gasteiger partial charge in [0, 0.05) is 6.54 Å². The summed E-state index contributed by atoms with van der Waals surface area (Å²) < 4.78 is 5.60. The lowest BCUT2D eigenvalue weighted by Gasteiger charge is -2.36. The van der Waals surface area contributed by atoms with Gasteiger partial charge in [-0.2, -0.15) is 0 Å². The van der Waals surface area contributed by atoms with Crippen LogP contribution in [0.5, 0.6) is 0 Å². The van der Waals surface area contributed by atoms with Gasteiger partial charge in [0.25, 0.3) is 0 Å². The lowest BCUT2D eigenvalue weighted by molar-refractivity contribution is 0.0459. The Kier molecular flexibility index (Phi) is 4.38. The van der Waals surface area contributed by atoms with Gasteiger partial charge in [-0.1, -0.05) is 18.2 Å². The molecule has 0 amide bonds. The largest absolute Gasteiger partial charge is 0.378 e. The van der Waals surface area contributed by atoms with Crippen LogP contribution in [0.4, 0.5) is 0 Å². The summed E-state index contributed by atoms with van der Waals surface area (Å²) in [6, 6.07) is 7.49. The van der Waals surface area contributed by atoms with Gasteiger partial charge in [-0.25, -0.2) is 0 Å². The predicted molar refractivity (Wildman–Crippen MR) is 75.0 cm³/mol. The molecule has 1 heterocycles. The molecule has 0 saturated carbocycles. The van der Waals surface area contributed by atoms with Crippen LogP contribution < -0.4 is 5.32 Å². The van der Waals surface area contributed by atoms with Crippen molar-refractivity contribution in [1.29, 1.82) is 0 Å². The molecule has 0 aliphatic carbocycles. The quantitative estimate of drug-likeness (QED) is 0.884. The Balaban J connectivity index is 2.25. The van der Waals surface area contributed by atoms with Gasteiger partial charge in [-0.15, -0.1) is 0 Å². The molecule has 2 rings (SSSR count). The second-order valence-corrected chi connectivity index (χ2v) is 5.39. The molecule has 2 unspecified atom stereocenters. The van der Waals surface area contributed by atoms with Crippen molar-refractivity contribution in [3.05, 3.63) is 34.9 Å². The third kappa shape index (κ3) is 2.91. The second-order valence-electron chi connectivity index (χ2n) is 5.39. The first-order chi connectivity index (χ1) is 8.59. The molecule has 1 fully saturated rings. The van der Waals surface area contributed by atoms with Gasteiger partial charge in [0.1, 0.15) is 0 Å². The fourth-order valence-electron chi connectivity index (χ4n) is 2.63. The SMILES string of the molecule is Cc1ccc(C(C2COCCN2)N(C)C)cc1C. The van der Waals surface area contributed by atoms with E-state index in [9.17, 15) is 0 Å². The topological polar surface area (TPSA) is 24.5 Å². The maximum absolute atomic E-state index is 5.60. The van der Waals surface area contributed by atoms with E-state index in [2.05, 4.69) is 56.4 Å². The molecule has 1 aromatic rings. The van der Waals surface area contributed by atoms with Crippen molar-refractivity contribution in [3.63, 3.8) is 0 Å². The average molecular weight is 248 g/mol. The first-order valence-corrected chi connectivity index (χ1v) is 6.64. The van der Waals surface area contributed by atoms with E-state index in [1.807, 2.05) is 0 Å². The van der Waals surface area contributed by atoms with Gasteiger partial charge in [-0.05, 0) is 44.6 Å². The van der Waals surface area contributed by atoms with Crippen LogP contribution in [0.1, 0.15) is 22.7 Å². The summed E-state index contributed by atoms with van der Waals surface area (Å²) in [5.41, 5.74) is 4.08. The lowest BCUT2D eigenvalue weighted by Crippen LogP contribution is -2.48. The highest BCUT2D eigenvalue weighted by molar-refractivity contribution is 5.32.